The molecular formula is C24H24N6O2. The number of rotatable bonds is 9. The first-order valence-corrected chi connectivity index (χ1v) is 10.4. The van der Waals surface area contributed by atoms with Crippen molar-refractivity contribution in [3.05, 3.63) is 78.8 Å². The summed E-state index contributed by atoms with van der Waals surface area (Å²) in [5.74, 6) is 2.38. The molecule has 0 spiro atoms. The summed E-state index contributed by atoms with van der Waals surface area (Å²) >= 11 is 0. The fourth-order valence-corrected chi connectivity index (χ4v) is 3.31. The predicted octanol–water partition coefficient (Wildman–Crippen LogP) is 4.01. The molecule has 0 atom stereocenters. The maximum absolute atomic E-state index is 13.0. The first kappa shape index (κ1) is 21.0. The average Bonchev–Trinajstić information content (AvgIpc) is 2.83. The maximum atomic E-state index is 13.0. The molecule has 0 saturated carbocycles. The van der Waals surface area contributed by atoms with Crippen LogP contribution in [0.5, 0.6) is 5.75 Å². The highest BCUT2D eigenvalue weighted by Gasteiger charge is 2.16. The number of benzene rings is 2. The Balaban J connectivity index is 1.37. The zero-order valence-electron chi connectivity index (χ0n) is 17.7. The van der Waals surface area contributed by atoms with Gasteiger partial charge in [-0.2, -0.15) is 0 Å². The van der Waals surface area contributed by atoms with Gasteiger partial charge >= 0.3 is 0 Å². The van der Waals surface area contributed by atoms with E-state index in [1.807, 2.05) is 61.5 Å². The maximum Gasteiger partial charge on any atom is 0.255 e. The minimum Gasteiger partial charge on any atom is -0.493 e. The molecule has 0 unspecified atom stereocenters. The first-order valence-electron chi connectivity index (χ1n) is 10.4. The van der Waals surface area contributed by atoms with Crippen LogP contribution in [0.4, 0.5) is 17.5 Å². The molecule has 0 radical (unpaired) electrons. The molecule has 0 aliphatic carbocycles. The van der Waals surface area contributed by atoms with E-state index in [0.29, 0.717) is 48.5 Å². The van der Waals surface area contributed by atoms with E-state index >= 15 is 0 Å². The average molecular weight is 428 g/mol. The number of hydrogen-bond donors (Lipinski definition) is 3. The third-order valence-electron chi connectivity index (χ3n) is 4.72. The summed E-state index contributed by atoms with van der Waals surface area (Å²) in [5, 5.41) is 11.1. The Hall–Kier alpha value is -4.20. The van der Waals surface area contributed by atoms with E-state index in [1.54, 1.807) is 12.3 Å². The van der Waals surface area contributed by atoms with Crippen molar-refractivity contribution in [2.24, 2.45) is 0 Å². The summed E-state index contributed by atoms with van der Waals surface area (Å²) < 4.78 is 5.70. The minimum atomic E-state index is -0.174. The van der Waals surface area contributed by atoms with Gasteiger partial charge in [-0.15, -0.1) is 0 Å². The topological polar surface area (TPSA) is 101 Å². The molecule has 2 heterocycles. The zero-order valence-corrected chi connectivity index (χ0v) is 17.7. The van der Waals surface area contributed by atoms with Crippen LogP contribution in [0.25, 0.3) is 10.8 Å². The van der Waals surface area contributed by atoms with E-state index in [0.717, 1.165) is 10.8 Å². The zero-order chi connectivity index (χ0) is 22.2. The van der Waals surface area contributed by atoms with E-state index in [4.69, 9.17) is 4.74 Å². The van der Waals surface area contributed by atoms with Gasteiger partial charge in [-0.25, -0.2) is 15.0 Å². The molecule has 3 N–H and O–H groups in total. The molecule has 162 valence electrons. The number of hydrogen-bond acceptors (Lipinski definition) is 7. The molecule has 4 rings (SSSR count). The van der Waals surface area contributed by atoms with Crippen LogP contribution in [0.3, 0.4) is 0 Å². The van der Waals surface area contributed by atoms with Gasteiger partial charge in [-0.05, 0) is 35.9 Å². The molecule has 0 aliphatic heterocycles. The van der Waals surface area contributed by atoms with Gasteiger partial charge in [-0.1, -0.05) is 36.4 Å². The van der Waals surface area contributed by atoms with Gasteiger partial charge < -0.3 is 20.7 Å². The van der Waals surface area contributed by atoms with Crippen molar-refractivity contribution in [3.63, 3.8) is 0 Å². The van der Waals surface area contributed by atoms with Crippen molar-refractivity contribution < 1.29 is 9.53 Å². The van der Waals surface area contributed by atoms with Crippen LogP contribution < -0.4 is 20.7 Å². The van der Waals surface area contributed by atoms with E-state index < -0.39 is 0 Å². The quantitative estimate of drug-likeness (QED) is 0.346. The molecule has 0 bridgehead atoms. The van der Waals surface area contributed by atoms with E-state index in [-0.39, 0.29) is 5.91 Å². The Morgan fingerprint density at radius 1 is 0.906 bits per heavy atom. The molecule has 0 fully saturated rings. The molecule has 8 nitrogen and oxygen atoms in total. The highest BCUT2D eigenvalue weighted by molar-refractivity contribution is 6.09. The Bertz CT molecular complexity index is 1200. The smallest absolute Gasteiger partial charge is 0.255 e. The number of aromatic nitrogens is 3. The molecule has 32 heavy (non-hydrogen) atoms. The summed E-state index contributed by atoms with van der Waals surface area (Å²) in [4.78, 5) is 25.6. The highest BCUT2D eigenvalue weighted by Crippen LogP contribution is 2.28. The molecular weight excluding hydrogens is 404 g/mol. The van der Waals surface area contributed by atoms with Gasteiger partial charge in [0.15, 0.2) is 0 Å². The van der Waals surface area contributed by atoms with Crippen LogP contribution in [0.1, 0.15) is 17.3 Å². The summed E-state index contributed by atoms with van der Waals surface area (Å²) in [6.45, 7) is 3.31. The molecule has 1 amide bonds. The molecule has 0 saturated heterocycles. The van der Waals surface area contributed by atoms with Gasteiger partial charge in [0.1, 0.15) is 29.5 Å². The van der Waals surface area contributed by atoms with Crippen LogP contribution in [0, 0.1) is 0 Å². The van der Waals surface area contributed by atoms with E-state index in [9.17, 15) is 4.79 Å². The van der Waals surface area contributed by atoms with Crippen molar-refractivity contribution >= 4 is 34.1 Å². The van der Waals surface area contributed by atoms with Gasteiger partial charge in [0.2, 0.25) is 0 Å². The lowest BCUT2D eigenvalue weighted by Crippen LogP contribution is -2.29. The van der Waals surface area contributed by atoms with Crippen molar-refractivity contribution in [1.82, 2.24) is 20.3 Å². The lowest BCUT2D eigenvalue weighted by Gasteiger charge is -2.14. The second-order valence-electron chi connectivity index (χ2n) is 6.90. The van der Waals surface area contributed by atoms with Crippen LogP contribution >= 0.6 is 0 Å². The number of ether oxygens (including phenoxy) is 1. The summed E-state index contributed by atoms with van der Waals surface area (Å²) in [6, 6.07) is 19.0. The largest absolute Gasteiger partial charge is 0.493 e. The van der Waals surface area contributed by atoms with Gasteiger partial charge in [0.25, 0.3) is 5.91 Å². The van der Waals surface area contributed by atoms with Gasteiger partial charge in [-0.3, -0.25) is 4.79 Å². The van der Waals surface area contributed by atoms with Crippen molar-refractivity contribution in [3.8, 4) is 5.75 Å². The Labute approximate surface area is 186 Å². The Kier molecular flexibility index (Phi) is 6.72. The summed E-state index contributed by atoms with van der Waals surface area (Å²) in [6.07, 6.45) is 3.18. The molecule has 2 aromatic heterocycles. The number of nitrogens with one attached hydrogen (secondary N) is 3. The lowest BCUT2D eigenvalue weighted by atomic mass is 10.0. The number of anilines is 3. The van der Waals surface area contributed by atoms with Crippen LogP contribution in [-0.4, -0.2) is 40.6 Å². The van der Waals surface area contributed by atoms with E-state index in [1.165, 1.54) is 6.33 Å². The van der Waals surface area contributed by atoms with Gasteiger partial charge in [0.05, 0.1) is 12.2 Å². The lowest BCUT2D eigenvalue weighted by molar-refractivity contribution is 0.0953. The number of amides is 1. The van der Waals surface area contributed by atoms with E-state index in [2.05, 4.69) is 30.9 Å². The van der Waals surface area contributed by atoms with Crippen molar-refractivity contribution in [2.45, 2.75) is 6.92 Å². The first-order chi connectivity index (χ1) is 15.7. The summed E-state index contributed by atoms with van der Waals surface area (Å²) in [7, 11) is 0. The number of pyridine rings is 1. The number of carbonyl (C=O) groups is 1. The van der Waals surface area contributed by atoms with Crippen LogP contribution in [0.2, 0.25) is 0 Å². The predicted molar refractivity (Wildman–Crippen MR) is 125 cm³/mol. The monoisotopic (exact) mass is 428 g/mol. The van der Waals surface area contributed by atoms with Crippen LogP contribution in [0.15, 0.2) is 73.2 Å². The fraction of sp³-hybridized carbons (Fsp3) is 0.167. The molecule has 0 aliphatic rings. The second kappa shape index (κ2) is 10.2. The molecule has 4 aromatic rings. The Morgan fingerprint density at radius 3 is 2.59 bits per heavy atom. The fourth-order valence-electron chi connectivity index (χ4n) is 3.31. The third-order valence-corrected chi connectivity index (χ3v) is 4.72. The van der Waals surface area contributed by atoms with Gasteiger partial charge in [0, 0.05) is 25.4 Å². The number of nitrogens with zero attached hydrogens (tertiary/aromatic N) is 3. The SMILES string of the molecule is CCOc1ccc2ccccc2c1C(=O)NCCNc1cc(Nc2ccccn2)ncn1. The van der Waals surface area contributed by atoms with Crippen LogP contribution in [-0.2, 0) is 0 Å². The minimum absolute atomic E-state index is 0.174. The number of carbonyl (C=O) groups excluding carboxylic acids is 1. The Morgan fingerprint density at radius 2 is 1.75 bits per heavy atom. The third kappa shape index (κ3) is 5.10. The van der Waals surface area contributed by atoms with Crippen molar-refractivity contribution in [2.75, 3.05) is 30.3 Å². The number of fused-ring (bicyclic) bond motifs is 1. The normalized spacial score (nSPS) is 10.5. The summed E-state index contributed by atoms with van der Waals surface area (Å²) in [5.41, 5.74) is 0.550. The van der Waals surface area contributed by atoms with Crippen molar-refractivity contribution in [1.29, 1.82) is 0 Å². The highest BCUT2D eigenvalue weighted by atomic mass is 16.5. The molecule has 8 heteroatoms. The second-order valence-corrected chi connectivity index (χ2v) is 6.90. The molecule has 2 aromatic carbocycles. The standard InChI is InChI=1S/C24H24N6O2/c1-2-32-19-11-10-17-7-3-4-8-18(17)23(19)24(31)27-14-13-26-21-15-22(29-16-28-21)30-20-9-5-6-12-25-20/h3-12,15-16H,2,13-14H2,1H3,(H,27,31)(H2,25,26,28,29,30).